The van der Waals surface area contributed by atoms with E-state index < -0.39 is 0 Å². The number of rotatable bonds is 3. The van der Waals surface area contributed by atoms with Gasteiger partial charge in [-0.2, -0.15) is 0 Å². The largest absolute Gasteiger partial charge is 0.339 e. The zero-order chi connectivity index (χ0) is 16.2. The molecule has 118 valence electrons. The van der Waals surface area contributed by atoms with Crippen molar-refractivity contribution in [3.05, 3.63) is 64.7 Å². The number of halogens is 1. The highest BCUT2D eigenvalue weighted by Gasteiger charge is 2.22. The van der Waals surface area contributed by atoms with Crippen LogP contribution in [0.3, 0.4) is 0 Å². The molecule has 1 heterocycles. The summed E-state index contributed by atoms with van der Waals surface area (Å²) >= 11 is 6.06. The van der Waals surface area contributed by atoms with E-state index in [0.717, 1.165) is 25.9 Å². The molecule has 1 N–H and O–H groups in total. The van der Waals surface area contributed by atoms with Gasteiger partial charge in [0, 0.05) is 13.1 Å². The zero-order valence-electron chi connectivity index (χ0n) is 12.6. The molecule has 1 fully saturated rings. The van der Waals surface area contributed by atoms with Crippen LogP contribution in [0.5, 0.6) is 0 Å². The van der Waals surface area contributed by atoms with Gasteiger partial charge in [0.05, 0.1) is 21.8 Å². The topological polar surface area (TPSA) is 49.4 Å². The van der Waals surface area contributed by atoms with Gasteiger partial charge in [-0.1, -0.05) is 35.9 Å². The summed E-state index contributed by atoms with van der Waals surface area (Å²) in [5, 5.41) is 3.18. The number of likely N-dealkylation sites (tertiary alicyclic amines) is 1. The molecule has 2 aromatic rings. The molecule has 1 aliphatic heterocycles. The van der Waals surface area contributed by atoms with Crippen molar-refractivity contribution in [2.24, 2.45) is 0 Å². The van der Waals surface area contributed by atoms with Crippen molar-refractivity contribution in [1.29, 1.82) is 0 Å². The standard InChI is InChI=1S/C18H17ClN2O2/c19-15-9-3-1-7-13(15)17(22)20-16-10-4-2-8-14(16)18(23)21-11-5-6-12-21/h1-4,7-10H,5-6,11-12H2,(H,20,22). The predicted octanol–water partition coefficient (Wildman–Crippen LogP) is 3.83. The maximum atomic E-state index is 12.6. The summed E-state index contributed by atoms with van der Waals surface area (Å²) in [6.45, 7) is 1.54. The average molecular weight is 329 g/mol. The average Bonchev–Trinajstić information content (AvgIpc) is 3.09. The fourth-order valence-electron chi connectivity index (χ4n) is 2.70. The molecule has 0 aliphatic carbocycles. The van der Waals surface area contributed by atoms with Crippen molar-refractivity contribution in [3.8, 4) is 0 Å². The van der Waals surface area contributed by atoms with Crippen molar-refractivity contribution in [1.82, 2.24) is 4.90 Å². The third-order valence-electron chi connectivity index (χ3n) is 3.92. The highest BCUT2D eigenvalue weighted by atomic mass is 35.5. The summed E-state index contributed by atoms with van der Waals surface area (Å²) in [6, 6.07) is 13.9. The molecular weight excluding hydrogens is 312 g/mol. The second kappa shape index (κ2) is 6.84. The van der Waals surface area contributed by atoms with Gasteiger partial charge in [-0.15, -0.1) is 0 Å². The first-order chi connectivity index (χ1) is 11.2. The molecule has 2 aromatic carbocycles. The van der Waals surface area contributed by atoms with Gasteiger partial charge in [0.25, 0.3) is 11.8 Å². The number of carbonyl (C=O) groups is 2. The highest BCUT2D eigenvalue weighted by molar-refractivity contribution is 6.34. The number of anilines is 1. The number of nitrogens with one attached hydrogen (secondary N) is 1. The molecule has 0 radical (unpaired) electrons. The lowest BCUT2D eigenvalue weighted by Gasteiger charge is -2.18. The first-order valence-corrected chi connectivity index (χ1v) is 7.99. The number of hydrogen-bond acceptors (Lipinski definition) is 2. The van der Waals surface area contributed by atoms with Crippen LogP contribution in [0.15, 0.2) is 48.5 Å². The minimum Gasteiger partial charge on any atom is -0.339 e. The van der Waals surface area contributed by atoms with Crippen molar-refractivity contribution in [2.75, 3.05) is 18.4 Å². The smallest absolute Gasteiger partial charge is 0.257 e. The van der Waals surface area contributed by atoms with Gasteiger partial charge in [-0.05, 0) is 37.1 Å². The lowest BCUT2D eigenvalue weighted by Crippen LogP contribution is -2.28. The summed E-state index contributed by atoms with van der Waals surface area (Å²) < 4.78 is 0. The van der Waals surface area contributed by atoms with Gasteiger partial charge in [-0.25, -0.2) is 0 Å². The minimum atomic E-state index is -0.322. The van der Waals surface area contributed by atoms with Crippen LogP contribution in [-0.2, 0) is 0 Å². The number of hydrogen-bond donors (Lipinski definition) is 1. The Morgan fingerprint density at radius 3 is 2.22 bits per heavy atom. The van der Waals surface area contributed by atoms with E-state index in [1.54, 1.807) is 48.5 Å². The Morgan fingerprint density at radius 2 is 1.52 bits per heavy atom. The number of benzene rings is 2. The Balaban J connectivity index is 1.84. The molecule has 4 nitrogen and oxygen atoms in total. The fourth-order valence-corrected chi connectivity index (χ4v) is 2.93. The number of amides is 2. The first kappa shape index (κ1) is 15.6. The summed E-state index contributed by atoms with van der Waals surface area (Å²) in [7, 11) is 0. The van der Waals surface area contributed by atoms with Gasteiger partial charge in [0.1, 0.15) is 0 Å². The van der Waals surface area contributed by atoms with Gasteiger partial charge in [0.2, 0.25) is 0 Å². The van der Waals surface area contributed by atoms with Crippen LogP contribution in [0.2, 0.25) is 5.02 Å². The third-order valence-corrected chi connectivity index (χ3v) is 4.25. The first-order valence-electron chi connectivity index (χ1n) is 7.61. The van der Waals surface area contributed by atoms with Crippen molar-refractivity contribution < 1.29 is 9.59 Å². The van der Waals surface area contributed by atoms with E-state index in [1.807, 2.05) is 4.90 Å². The molecule has 0 spiro atoms. The van der Waals surface area contributed by atoms with Crippen LogP contribution in [-0.4, -0.2) is 29.8 Å². The van der Waals surface area contributed by atoms with Crippen LogP contribution in [0.1, 0.15) is 33.6 Å². The zero-order valence-corrected chi connectivity index (χ0v) is 13.3. The number of carbonyl (C=O) groups excluding carboxylic acids is 2. The minimum absolute atomic E-state index is 0.0439. The second-order valence-electron chi connectivity index (χ2n) is 5.48. The maximum absolute atomic E-state index is 12.6. The third kappa shape index (κ3) is 3.37. The van der Waals surface area contributed by atoms with E-state index in [9.17, 15) is 9.59 Å². The van der Waals surface area contributed by atoms with Crippen molar-refractivity contribution in [3.63, 3.8) is 0 Å². The monoisotopic (exact) mass is 328 g/mol. The predicted molar refractivity (Wildman–Crippen MR) is 91.0 cm³/mol. The Labute approximate surface area is 140 Å². The molecule has 0 unspecified atom stereocenters. The van der Waals surface area contributed by atoms with Gasteiger partial charge < -0.3 is 10.2 Å². The van der Waals surface area contributed by atoms with Crippen molar-refractivity contribution >= 4 is 29.1 Å². The molecule has 1 aliphatic rings. The molecule has 3 rings (SSSR count). The quantitative estimate of drug-likeness (QED) is 0.931. The van der Waals surface area contributed by atoms with E-state index in [1.165, 1.54) is 0 Å². The normalized spacial score (nSPS) is 13.9. The molecule has 0 saturated carbocycles. The number of para-hydroxylation sites is 1. The van der Waals surface area contributed by atoms with Crippen LogP contribution >= 0.6 is 11.6 Å². The molecular formula is C18H17ClN2O2. The maximum Gasteiger partial charge on any atom is 0.257 e. The van der Waals surface area contributed by atoms with E-state index in [0.29, 0.717) is 21.8 Å². The van der Waals surface area contributed by atoms with Gasteiger partial charge in [-0.3, -0.25) is 9.59 Å². The molecule has 2 amide bonds. The highest BCUT2D eigenvalue weighted by Crippen LogP contribution is 2.22. The second-order valence-corrected chi connectivity index (χ2v) is 5.89. The molecule has 23 heavy (non-hydrogen) atoms. The fraction of sp³-hybridized carbons (Fsp3) is 0.222. The van der Waals surface area contributed by atoms with E-state index in [-0.39, 0.29) is 11.8 Å². The van der Waals surface area contributed by atoms with E-state index >= 15 is 0 Å². The molecule has 0 bridgehead atoms. The Bertz CT molecular complexity index is 739. The SMILES string of the molecule is O=C(Nc1ccccc1C(=O)N1CCCC1)c1ccccc1Cl. The van der Waals surface area contributed by atoms with E-state index in [4.69, 9.17) is 11.6 Å². The Hall–Kier alpha value is -2.33. The summed E-state index contributed by atoms with van der Waals surface area (Å²) in [4.78, 5) is 26.8. The Morgan fingerprint density at radius 1 is 0.913 bits per heavy atom. The summed E-state index contributed by atoms with van der Waals surface area (Å²) in [5.41, 5.74) is 1.40. The molecule has 5 heteroatoms. The number of nitrogens with zero attached hydrogens (tertiary/aromatic N) is 1. The molecule has 0 atom stereocenters. The lowest BCUT2D eigenvalue weighted by atomic mass is 10.1. The summed E-state index contributed by atoms with van der Waals surface area (Å²) in [5.74, 6) is -0.366. The van der Waals surface area contributed by atoms with Crippen LogP contribution in [0.25, 0.3) is 0 Å². The van der Waals surface area contributed by atoms with Crippen LogP contribution in [0.4, 0.5) is 5.69 Å². The van der Waals surface area contributed by atoms with E-state index in [2.05, 4.69) is 5.32 Å². The van der Waals surface area contributed by atoms with Crippen molar-refractivity contribution in [2.45, 2.75) is 12.8 Å². The summed E-state index contributed by atoms with van der Waals surface area (Å²) in [6.07, 6.45) is 2.06. The molecule has 1 saturated heterocycles. The molecule has 0 aromatic heterocycles. The van der Waals surface area contributed by atoms with Crippen LogP contribution in [0, 0.1) is 0 Å². The van der Waals surface area contributed by atoms with Gasteiger partial charge in [0.15, 0.2) is 0 Å². The van der Waals surface area contributed by atoms with Gasteiger partial charge >= 0.3 is 0 Å². The lowest BCUT2D eigenvalue weighted by molar-refractivity contribution is 0.0794. The van der Waals surface area contributed by atoms with Crippen LogP contribution < -0.4 is 5.32 Å². The Kier molecular flexibility index (Phi) is 4.63.